The standard InChI is InChI=1S/C35H32ClN11O13S4/c1-2-38-21-6-11-26(28(16-21)40-35-42-33(36)41-34(43-35)39-20-4-8-23(9-5-20)61(49,50)14-13-60-64(57,58)59)45-44-22-7-12-27(30(17-22)63(54,55)56)46-47-32-25(37)10-3-19-15-24(62(51,52)53)18-29(48)31(19)32/h3-12,15-18,38,48H,2,13-14,37H2,1H3,(H,51,52,53)(H,54,55,56)(H,57,58,59)(H2,39,40,41,42,43)/b45-44+,47-46+. The first-order valence-electron chi connectivity index (χ1n) is 17.7. The van der Waals surface area contributed by atoms with Crippen molar-refractivity contribution in [1.29, 1.82) is 0 Å². The first kappa shape index (κ1) is 47.0. The molecule has 6 rings (SSSR count). The molecule has 0 radical (unpaired) electrons. The van der Waals surface area contributed by atoms with Crippen LogP contribution in [0.4, 0.5) is 57.4 Å². The highest BCUT2D eigenvalue weighted by molar-refractivity contribution is 7.91. The summed E-state index contributed by atoms with van der Waals surface area (Å²) < 4.78 is 127. The van der Waals surface area contributed by atoms with Gasteiger partial charge < -0.3 is 26.8 Å². The predicted molar refractivity (Wildman–Crippen MR) is 232 cm³/mol. The zero-order valence-electron chi connectivity index (χ0n) is 32.4. The lowest BCUT2D eigenvalue weighted by molar-refractivity contribution is 0.284. The van der Waals surface area contributed by atoms with Crippen molar-refractivity contribution in [3.8, 4) is 5.75 Å². The Morgan fingerprint density at radius 1 is 0.703 bits per heavy atom. The van der Waals surface area contributed by atoms with Crippen molar-refractivity contribution in [3.05, 3.63) is 90.2 Å². The van der Waals surface area contributed by atoms with Crippen molar-refractivity contribution in [1.82, 2.24) is 15.0 Å². The second-order valence-corrected chi connectivity index (χ2v) is 19.3. The third-order valence-electron chi connectivity index (χ3n) is 8.41. The molecule has 0 saturated carbocycles. The Hall–Kier alpha value is -6.50. The van der Waals surface area contributed by atoms with Crippen LogP contribution in [0.2, 0.25) is 5.28 Å². The Labute approximate surface area is 368 Å². The number of rotatable bonds is 17. The summed E-state index contributed by atoms with van der Waals surface area (Å²) in [5, 5.41) is 35.7. The molecule has 0 unspecified atom stereocenters. The molecule has 0 amide bonds. The number of aromatic hydroxyl groups is 1. The van der Waals surface area contributed by atoms with Gasteiger partial charge in [0, 0.05) is 24.0 Å². The Morgan fingerprint density at radius 3 is 2.02 bits per heavy atom. The number of aromatic nitrogens is 3. The largest absolute Gasteiger partial charge is 0.507 e. The van der Waals surface area contributed by atoms with Gasteiger partial charge in [0.05, 0.1) is 44.6 Å². The summed E-state index contributed by atoms with van der Waals surface area (Å²) in [6.07, 6.45) is 0. The van der Waals surface area contributed by atoms with Crippen LogP contribution < -0.4 is 21.7 Å². The van der Waals surface area contributed by atoms with Crippen molar-refractivity contribution in [3.63, 3.8) is 0 Å². The van der Waals surface area contributed by atoms with Crippen LogP contribution in [-0.4, -0.2) is 86.3 Å². The average molecular weight is 978 g/mol. The number of nitrogens with one attached hydrogen (secondary N) is 3. The topological polar surface area (TPSA) is 377 Å². The van der Waals surface area contributed by atoms with Gasteiger partial charge in [-0.1, -0.05) is 6.07 Å². The van der Waals surface area contributed by atoms with Crippen LogP contribution in [0.25, 0.3) is 10.8 Å². The first-order valence-corrected chi connectivity index (χ1v) is 24.0. The Morgan fingerprint density at radius 2 is 1.36 bits per heavy atom. The SMILES string of the molecule is CCNc1ccc(/N=N/c2ccc(/N=N/c3c(N)ccc4cc(S(=O)(=O)O)cc(O)c34)c(S(=O)(=O)O)c2)c(Nc2nc(Cl)nc(Nc3ccc(S(=O)(=O)CCOS(=O)(=O)O)cc3)n2)c1. The fraction of sp³-hybridized carbons (Fsp3) is 0.114. The van der Waals surface area contributed by atoms with E-state index >= 15 is 0 Å². The molecule has 0 aliphatic rings. The molecule has 0 aliphatic carbocycles. The first-order chi connectivity index (χ1) is 30.0. The number of phenols is 1. The lowest BCUT2D eigenvalue weighted by Crippen LogP contribution is -2.15. The van der Waals surface area contributed by atoms with Gasteiger partial charge in [-0.25, -0.2) is 12.6 Å². The molecule has 0 spiro atoms. The number of phenolic OH excluding ortho intramolecular Hbond substituents is 1. The van der Waals surface area contributed by atoms with E-state index < -0.39 is 68.4 Å². The van der Waals surface area contributed by atoms with Gasteiger partial charge in [-0.05, 0) is 96.7 Å². The number of anilines is 6. The molecule has 29 heteroatoms. The van der Waals surface area contributed by atoms with E-state index in [1.165, 1.54) is 42.5 Å². The van der Waals surface area contributed by atoms with Crippen LogP contribution in [0.3, 0.4) is 0 Å². The Balaban J connectivity index is 1.26. The van der Waals surface area contributed by atoms with Gasteiger partial charge in [0.1, 0.15) is 27.7 Å². The van der Waals surface area contributed by atoms with Crippen molar-refractivity contribution >= 4 is 120 Å². The number of nitrogens with zero attached hydrogens (tertiary/aromatic N) is 7. The molecular formula is C35H32ClN11O13S4. The van der Waals surface area contributed by atoms with E-state index in [2.05, 4.69) is 55.5 Å². The number of halogens is 1. The summed E-state index contributed by atoms with van der Waals surface area (Å²) >= 11 is 6.21. The summed E-state index contributed by atoms with van der Waals surface area (Å²) in [5.74, 6) is -1.53. The normalized spacial score (nSPS) is 12.6. The van der Waals surface area contributed by atoms with E-state index in [-0.39, 0.29) is 67.0 Å². The molecule has 1 aromatic heterocycles. The molecule has 336 valence electrons. The van der Waals surface area contributed by atoms with Gasteiger partial charge in [0.15, 0.2) is 9.84 Å². The van der Waals surface area contributed by atoms with Crippen LogP contribution in [0.15, 0.2) is 120 Å². The highest BCUT2D eigenvalue weighted by Crippen LogP contribution is 2.41. The zero-order valence-corrected chi connectivity index (χ0v) is 36.4. The molecule has 0 saturated heterocycles. The summed E-state index contributed by atoms with van der Waals surface area (Å²) in [6, 6.07) is 18.0. The minimum absolute atomic E-state index is 0.0464. The molecule has 0 atom stereocenters. The fourth-order valence-corrected chi connectivity index (χ4v) is 8.43. The van der Waals surface area contributed by atoms with Crippen molar-refractivity contribution in [2.24, 2.45) is 20.5 Å². The second kappa shape index (κ2) is 18.7. The van der Waals surface area contributed by atoms with E-state index in [0.717, 1.165) is 24.3 Å². The summed E-state index contributed by atoms with van der Waals surface area (Å²) in [6.45, 7) is 1.60. The smallest absolute Gasteiger partial charge is 0.397 e. The summed E-state index contributed by atoms with van der Waals surface area (Å²) in [7, 11) is -18.5. The Bertz CT molecular complexity index is 3310. The van der Waals surface area contributed by atoms with Crippen LogP contribution in [-0.2, 0) is 44.7 Å². The summed E-state index contributed by atoms with van der Waals surface area (Å²) in [4.78, 5) is 10.9. The van der Waals surface area contributed by atoms with Gasteiger partial charge in [-0.15, -0.1) is 15.3 Å². The third kappa shape index (κ3) is 11.9. The number of nitrogen functional groups attached to an aromatic ring is 1. The van der Waals surface area contributed by atoms with Crippen LogP contribution in [0.5, 0.6) is 5.75 Å². The molecule has 5 aromatic carbocycles. The minimum Gasteiger partial charge on any atom is -0.507 e. The number of hydrogen-bond donors (Lipinski definition) is 8. The van der Waals surface area contributed by atoms with E-state index in [4.69, 9.17) is 21.9 Å². The maximum absolute atomic E-state index is 12.6. The van der Waals surface area contributed by atoms with Gasteiger partial charge in [-0.3, -0.25) is 13.7 Å². The lowest BCUT2D eigenvalue weighted by Gasteiger charge is -2.12. The highest BCUT2D eigenvalue weighted by Gasteiger charge is 2.21. The number of benzene rings is 5. The van der Waals surface area contributed by atoms with Crippen molar-refractivity contribution in [2.45, 2.75) is 21.6 Å². The second-order valence-electron chi connectivity index (χ2n) is 12.9. The third-order valence-corrected chi connectivity index (χ3v) is 12.5. The number of hydrogen-bond acceptors (Lipinski definition) is 21. The van der Waals surface area contributed by atoms with Crippen LogP contribution in [0, 0.1) is 0 Å². The molecule has 0 fully saturated rings. The molecule has 6 aromatic rings. The quantitative estimate of drug-likeness (QED) is 0.0264. The van der Waals surface area contributed by atoms with Gasteiger partial charge in [0.2, 0.25) is 17.2 Å². The number of fused-ring (bicyclic) bond motifs is 1. The molecule has 24 nitrogen and oxygen atoms in total. The van der Waals surface area contributed by atoms with Gasteiger partial charge >= 0.3 is 10.4 Å². The molecular weight excluding hydrogens is 946 g/mol. The lowest BCUT2D eigenvalue weighted by atomic mass is 10.1. The monoisotopic (exact) mass is 977 g/mol. The highest BCUT2D eigenvalue weighted by atomic mass is 35.5. The van der Waals surface area contributed by atoms with E-state index in [1.807, 2.05) is 6.92 Å². The molecule has 1 heterocycles. The molecule has 0 aliphatic heterocycles. The maximum Gasteiger partial charge on any atom is 0.397 e. The van der Waals surface area contributed by atoms with Crippen LogP contribution in [0.1, 0.15) is 6.92 Å². The number of azo groups is 2. The zero-order chi connectivity index (χ0) is 46.6. The minimum atomic E-state index is -4.98. The number of sulfone groups is 1. The van der Waals surface area contributed by atoms with Gasteiger partial charge in [-0.2, -0.15) is 45.3 Å². The summed E-state index contributed by atoms with van der Waals surface area (Å²) in [5.41, 5.74) is 6.76. The molecule has 64 heavy (non-hydrogen) atoms. The maximum atomic E-state index is 12.6. The predicted octanol–water partition coefficient (Wildman–Crippen LogP) is 6.80. The average Bonchev–Trinajstić information content (AvgIpc) is 3.19. The fourth-order valence-electron chi connectivity index (χ4n) is 5.60. The van der Waals surface area contributed by atoms with E-state index in [1.54, 1.807) is 18.2 Å². The van der Waals surface area contributed by atoms with Gasteiger partial charge in [0.25, 0.3) is 20.2 Å². The van der Waals surface area contributed by atoms with Crippen LogP contribution >= 0.6 is 11.6 Å². The number of nitrogens with two attached hydrogens (primary N) is 1. The molecule has 9 N–H and O–H groups in total. The van der Waals surface area contributed by atoms with Crippen molar-refractivity contribution in [2.75, 3.05) is 40.6 Å². The molecule has 0 bridgehead atoms. The van der Waals surface area contributed by atoms with E-state index in [9.17, 15) is 47.9 Å². The van der Waals surface area contributed by atoms with E-state index in [0.29, 0.717) is 17.9 Å². The Kier molecular flexibility index (Phi) is 13.7. The van der Waals surface area contributed by atoms with Crippen molar-refractivity contribution < 1.29 is 56.6 Å².